The third-order valence-electron chi connectivity index (χ3n) is 4.83. The second-order valence-corrected chi connectivity index (χ2v) is 8.15. The SMILES string of the molecule is O=S(=O)(N=C1C=C2N(CCO)CCO[C@@]2(O)c2ccccc21)c1ccccc1. The number of aliphatic hydroxyl groups is 2. The fourth-order valence-electron chi connectivity index (χ4n) is 3.53. The van der Waals surface area contributed by atoms with Gasteiger partial charge in [0.2, 0.25) is 5.79 Å². The van der Waals surface area contributed by atoms with Crippen LogP contribution in [0.4, 0.5) is 0 Å². The molecular weight excluding hydrogens is 380 g/mol. The van der Waals surface area contributed by atoms with Crippen LogP contribution >= 0.6 is 0 Å². The lowest BCUT2D eigenvalue weighted by Gasteiger charge is -2.45. The number of sulfonamides is 1. The highest BCUT2D eigenvalue weighted by Gasteiger charge is 2.46. The molecule has 0 unspecified atom stereocenters. The summed E-state index contributed by atoms with van der Waals surface area (Å²) >= 11 is 0. The topological polar surface area (TPSA) is 99.4 Å². The van der Waals surface area contributed by atoms with Crippen molar-refractivity contribution in [3.05, 3.63) is 77.5 Å². The van der Waals surface area contributed by atoms with Gasteiger partial charge in [-0.15, -0.1) is 0 Å². The Hall–Kier alpha value is -2.52. The molecule has 0 bridgehead atoms. The smallest absolute Gasteiger partial charge is 0.282 e. The number of allylic oxidation sites excluding steroid dienone is 1. The molecule has 2 aromatic carbocycles. The predicted octanol–water partition coefficient (Wildman–Crippen LogP) is 1.23. The van der Waals surface area contributed by atoms with Crippen molar-refractivity contribution in [2.24, 2.45) is 4.40 Å². The van der Waals surface area contributed by atoms with Crippen LogP contribution in [0.3, 0.4) is 0 Å². The van der Waals surface area contributed by atoms with Gasteiger partial charge in [0.05, 0.1) is 29.5 Å². The number of rotatable bonds is 4. The van der Waals surface area contributed by atoms with Crippen LogP contribution in [0.25, 0.3) is 0 Å². The Morgan fingerprint density at radius 1 is 1.11 bits per heavy atom. The summed E-state index contributed by atoms with van der Waals surface area (Å²) in [6, 6.07) is 14.9. The number of aliphatic hydroxyl groups excluding tert-OH is 1. The van der Waals surface area contributed by atoms with E-state index in [9.17, 15) is 18.6 Å². The Labute approximate surface area is 163 Å². The first-order valence-corrected chi connectivity index (χ1v) is 10.3. The van der Waals surface area contributed by atoms with Crippen molar-refractivity contribution in [3.8, 4) is 0 Å². The van der Waals surface area contributed by atoms with Crippen LogP contribution in [0.2, 0.25) is 0 Å². The first kappa shape index (κ1) is 18.8. The van der Waals surface area contributed by atoms with Crippen molar-refractivity contribution in [2.45, 2.75) is 10.7 Å². The lowest BCUT2D eigenvalue weighted by Crippen LogP contribution is -2.50. The van der Waals surface area contributed by atoms with Crippen LogP contribution in [0.5, 0.6) is 0 Å². The lowest BCUT2D eigenvalue weighted by molar-refractivity contribution is -0.219. The van der Waals surface area contributed by atoms with Gasteiger partial charge in [-0.3, -0.25) is 0 Å². The van der Waals surface area contributed by atoms with Gasteiger partial charge in [0.25, 0.3) is 10.0 Å². The van der Waals surface area contributed by atoms with Crippen LogP contribution < -0.4 is 0 Å². The maximum Gasteiger partial charge on any atom is 0.282 e. The Balaban J connectivity index is 1.90. The Bertz CT molecular complexity index is 1050. The number of hydrogen-bond donors (Lipinski definition) is 2. The molecule has 28 heavy (non-hydrogen) atoms. The van der Waals surface area contributed by atoms with E-state index in [0.29, 0.717) is 29.9 Å². The molecule has 1 aliphatic carbocycles. The molecule has 0 spiro atoms. The zero-order valence-corrected chi connectivity index (χ0v) is 15.8. The van der Waals surface area contributed by atoms with E-state index in [1.165, 1.54) is 18.2 Å². The van der Waals surface area contributed by atoms with E-state index in [-0.39, 0.29) is 23.8 Å². The quantitative estimate of drug-likeness (QED) is 0.801. The van der Waals surface area contributed by atoms with Crippen molar-refractivity contribution < 1.29 is 23.4 Å². The van der Waals surface area contributed by atoms with E-state index >= 15 is 0 Å². The van der Waals surface area contributed by atoms with Gasteiger partial charge in [0, 0.05) is 24.2 Å². The molecule has 8 heteroatoms. The van der Waals surface area contributed by atoms with E-state index in [0.717, 1.165) is 0 Å². The molecule has 0 amide bonds. The number of ether oxygens (including phenoxy) is 1. The highest BCUT2D eigenvalue weighted by atomic mass is 32.2. The first-order chi connectivity index (χ1) is 13.5. The van der Waals surface area contributed by atoms with Gasteiger partial charge < -0.3 is 19.8 Å². The summed E-state index contributed by atoms with van der Waals surface area (Å²) in [6.45, 7) is 0.925. The van der Waals surface area contributed by atoms with Gasteiger partial charge in [0.15, 0.2) is 0 Å². The molecule has 4 rings (SSSR count). The zero-order valence-electron chi connectivity index (χ0n) is 15.0. The van der Waals surface area contributed by atoms with Crippen LogP contribution in [-0.4, -0.2) is 55.5 Å². The van der Waals surface area contributed by atoms with Crippen LogP contribution in [0.15, 0.2) is 75.7 Å². The number of benzene rings is 2. The second-order valence-electron chi connectivity index (χ2n) is 6.54. The summed E-state index contributed by atoms with van der Waals surface area (Å²) < 4.78 is 35.3. The van der Waals surface area contributed by atoms with Gasteiger partial charge in [0.1, 0.15) is 0 Å². The molecule has 1 fully saturated rings. The summed E-state index contributed by atoms with van der Waals surface area (Å²) in [7, 11) is -3.94. The van der Waals surface area contributed by atoms with Crippen LogP contribution in [-0.2, 0) is 20.5 Å². The normalized spacial score (nSPS) is 23.1. The minimum absolute atomic E-state index is 0.0892. The molecule has 0 radical (unpaired) electrons. The molecule has 7 nitrogen and oxygen atoms in total. The average Bonchev–Trinajstić information content (AvgIpc) is 2.70. The fourth-order valence-corrected chi connectivity index (χ4v) is 4.55. The van der Waals surface area contributed by atoms with Crippen LogP contribution in [0.1, 0.15) is 11.1 Å². The van der Waals surface area contributed by atoms with Gasteiger partial charge in [-0.1, -0.05) is 42.5 Å². The summed E-state index contributed by atoms with van der Waals surface area (Å²) in [5, 5.41) is 20.6. The summed E-state index contributed by atoms with van der Waals surface area (Å²) in [6.07, 6.45) is 1.53. The zero-order chi connectivity index (χ0) is 19.8. The molecule has 0 aromatic heterocycles. The van der Waals surface area contributed by atoms with Crippen molar-refractivity contribution >= 4 is 15.7 Å². The molecule has 1 aliphatic heterocycles. The van der Waals surface area contributed by atoms with Crippen molar-refractivity contribution in [3.63, 3.8) is 0 Å². The summed E-state index contributed by atoms with van der Waals surface area (Å²) in [5.74, 6) is -1.71. The van der Waals surface area contributed by atoms with Gasteiger partial charge in [-0.2, -0.15) is 12.8 Å². The Kier molecular flexibility index (Phi) is 4.80. The molecule has 2 aromatic rings. The highest BCUT2D eigenvalue weighted by Crippen LogP contribution is 2.41. The molecule has 1 saturated heterocycles. The van der Waals surface area contributed by atoms with Crippen LogP contribution in [0, 0.1) is 0 Å². The monoisotopic (exact) mass is 400 g/mol. The molecule has 2 aliphatic rings. The van der Waals surface area contributed by atoms with Crippen molar-refractivity contribution in [2.75, 3.05) is 26.3 Å². The molecule has 2 N–H and O–H groups in total. The van der Waals surface area contributed by atoms with Crippen molar-refractivity contribution in [1.29, 1.82) is 0 Å². The van der Waals surface area contributed by atoms with E-state index in [4.69, 9.17) is 4.74 Å². The maximum absolute atomic E-state index is 12.8. The summed E-state index contributed by atoms with van der Waals surface area (Å²) in [4.78, 5) is 1.87. The molecule has 0 saturated carbocycles. The minimum atomic E-state index is -3.94. The third kappa shape index (κ3) is 3.14. The van der Waals surface area contributed by atoms with E-state index in [1.54, 1.807) is 47.4 Å². The van der Waals surface area contributed by atoms with Gasteiger partial charge >= 0.3 is 0 Å². The Morgan fingerprint density at radius 3 is 2.57 bits per heavy atom. The Morgan fingerprint density at radius 2 is 1.82 bits per heavy atom. The third-order valence-corrected chi connectivity index (χ3v) is 6.14. The minimum Gasteiger partial charge on any atom is -0.395 e. The first-order valence-electron chi connectivity index (χ1n) is 8.90. The van der Waals surface area contributed by atoms with E-state index in [1.807, 2.05) is 0 Å². The largest absolute Gasteiger partial charge is 0.395 e. The van der Waals surface area contributed by atoms with Gasteiger partial charge in [-0.25, -0.2) is 0 Å². The number of nitrogens with zero attached hydrogens (tertiary/aromatic N) is 2. The van der Waals surface area contributed by atoms with Crippen molar-refractivity contribution in [1.82, 2.24) is 4.90 Å². The molecule has 146 valence electrons. The van der Waals surface area contributed by atoms with E-state index in [2.05, 4.69) is 4.40 Å². The number of morpholine rings is 1. The van der Waals surface area contributed by atoms with E-state index < -0.39 is 15.8 Å². The molecule has 1 heterocycles. The average molecular weight is 400 g/mol. The fraction of sp³-hybridized carbons (Fsp3) is 0.250. The number of hydrogen-bond acceptors (Lipinski definition) is 6. The predicted molar refractivity (Wildman–Crippen MR) is 103 cm³/mol. The number of fused-ring (bicyclic) bond motifs is 3. The summed E-state index contributed by atoms with van der Waals surface area (Å²) in [5.41, 5.74) is 1.50. The molecular formula is C20H20N2O5S. The standard InChI is InChI=1S/C20H20N2O5S/c23-12-10-22-11-13-27-20(24)17-9-5-4-8-16(17)18(14-19(20)22)21-28(25,26)15-6-2-1-3-7-15/h1-9,14,23-24H,10-13H2/t20-/m0/s1. The molecule has 1 atom stereocenters. The highest BCUT2D eigenvalue weighted by molar-refractivity contribution is 7.90. The second kappa shape index (κ2) is 7.14. The van der Waals surface area contributed by atoms with Gasteiger partial charge in [-0.05, 0) is 18.2 Å². The lowest BCUT2D eigenvalue weighted by atomic mass is 9.86. The number of β-amino-alcohol motifs (C(OH)–C–C–N with tert-alkyl or cyclic N) is 1. The maximum atomic E-state index is 12.8.